The first-order valence-electron chi connectivity index (χ1n) is 6.87. The molecule has 1 atom stereocenters. The van der Waals surface area contributed by atoms with Gasteiger partial charge in [0.25, 0.3) is 0 Å². The molecule has 2 N–H and O–H groups in total. The van der Waals surface area contributed by atoms with Crippen molar-refractivity contribution in [3.8, 4) is 0 Å². The van der Waals surface area contributed by atoms with E-state index >= 15 is 0 Å². The van der Waals surface area contributed by atoms with Gasteiger partial charge in [-0.3, -0.25) is 0 Å². The summed E-state index contributed by atoms with van der Waals surface area (Å²) in [4.78, 5) is 2.13. The number of nitrogens with one attached hydrogen (secondary N) is 1. The van der Waals surface area contributed by atoms with Crippen molar-refractivity contribution in [3.63, 3.8) is 0 Å². The fourth-order valence-electron chi connectivity index (χ4n) is 1.72. The average Bonchev–Trinajstić information content (AvgIpc) is 3.08. The van der Waals surface area contributed by atoms with Crippen LogP contribution in [0.5, 0.6) is 0 Å². The van der Waals surface area contributed by atoms with Gasteiger partial charge in [0.1, 0.15) is 0 Å². The smallest absolute Gasteiger partial charge is 0.0791 e. The molecule has 1 rings (SSSR count). The summed E-state index contributed by atoms with van der Waals surface area (Å²) in [6.07, 6.45) is 3.52. The van der Waals surface area contributed by atoms with E-state index in [2.05, 4.69) is 17.1 Å². The monoisotopic (exact) mass is 244 g/mol. The highest BCUT2D eigenvalue weighted by Crippen LogP contribution is 2.28. The molecule has 1 aliphatic carbocycles. The predicted octanol–water partition coefficient (Wildman–Crippen LogP) is 0.705. The molecule has 4 nitrogen and oxygen atoms in total. The van der Waals surface area contributed by atoms with Crippen LogP contribution < -0.4 is 5.32 Å². The Labute approximate surface area is 105 Å². The fourth-order valence-corrected chi connectivity index (χ4v) is 1.72. The SMILES string of the molecule is CCCNCC(O)CN(C)CCOCC1CC1. The summed E-state index contributed by atoms with van der Waals surface area (Å²) >= 11 is 0. The molecule has 1 unspecified atom stereocenters. The van der Waals surface area contributed by atoms with Gasteiger partial charge in [0, 0.05) is 26.2 Å². The van der Waals surface area contributed by atoms with Crippen LogP contribution in [0.4, 0.5) is 0 Å². The van der Waals surface area contributed by atoms with Crippen LogP contribution in [0, 0.1) is 5.92 Å². The van der Waals surface area contributed by atoms with Crippen LogP contribution in [0.3, 0.4) is 0 Å². The summed E-state index contributed by atoms with van der Waals surface area (Å²) in [6, 6.07) is 0. The molecule has 0 heterocycles. The van der Waals surface area contributed by atoms with Gasteiger partial charge in [-0.1, -0.05) is 6.92 Å². The van der Waals surface area contributed by atoms with Crippen molar-refractivity contribution in [2.24, 2.45) is 5.92 Å². The Balaban J connectivity index is 1.88. The van der Waals surface area contributed by atoms with E-state index < -0.39 is 0 Å². The Hall–Kier alpha value is -0.160. The first kappa shape index (κ1) is 14.9. The normalized spacial score (nSPS) is 17.6. The van der Waals surface area contributed by atoms with E-state index in [9.17, 15) is 5.11 Å². The number of hydrogen-bond acceptors (Lipinski definition) is 4. The average molecular weight is 244 g/mol. The van der Waals surface area contributed by atoms with Crippen molar-refractivity contribution in [3.05, 3.63) is 0 Å². The van der Waals surface area contributed by atoms with Crippen molar-refractivity contribution in [1.29, 1.82) is 0 Å². The van der Waals surface area contributed by atoms with Gasteiger partial charge in [0.05, 0.1) is 12.7 Å². The minimum absolute atomic E-state index is 0.282. The van der Waals surface area contributed by atoms with Crippen LogP contribution >= 0.6 is 0 Å². The number of aliphatic hydroxyl groups is 1. The Morgan fingerprint density at radius 3 is 2.88 bits per heavy atom. The second kappa shape index (κ2) is 8.86. The Bertz CT molecular complexity index is 186. The molecule has 0 saturated heterocycles. The Kier molecular flexibility index (Phi) is 7.77. The quantitative estimate of drug-likeness (QED) is 0.525. The molecule has 1 fully saturated rings. The third-order valence-corrected chi connectivity index (χ3v) is 3.00. The summed E-state index contributed by atoms with van der Waals surface area (Å²) < 4.78 is 5.57. The molecular formula is C13H28N2O2. The van der Waals surface area contributed by atoms with Gasteiger partial charge in [-0.2, -0.15) is 0 Å². The molecule has 0 radical (unpaired) electrons. The van der Waals surface area contributed by atoms with Crippen molar-refractivity contribution >= 4 is 0 Å². The molecule has 0 aromatic rings. The lowest BCUT2D eigenvalue weighted by Crippen LogP contribution is -2.38. The molecule has 1 aliphatic rings. The Morgan fingerprint density at radius 2 is 2.24 bits per heavy atom. The highest BCUT2D eigenvalue weighted by molar-refractivity contribution is 4.72. The van der Waals surface area contributed by atoms with Crippen molar-refractivity contribution in [2.45, 2.75) is 32.3 Å². The number of ether oxygens (including phenoxy) is 1. The lowest BCUT2D eigenvalue weighted by Gasteiger charge is -2.20. The predicted molar refractivity (Wildman–Crippen MR) is 70.2 cm³/mol. The molecule has 0 spiro atoms. The number of likely N-dealkylation sites (N-methyl/N-ethyl adjacent to an activating group) is 1. The maximum atomic E-state index is 9.76. The summed E-state index contributed by atoms with van der Waals surface area (Å²) in [5.41, 5.74) is 0. The Morgan fingerprint density at radius 1 is 1.47 bits per heavy atom. The molecule has 17 heavy (non-hydrogen) atoms. The molecule has 1 saturated carbocycles. The molecule has 0 aromatic carbocycles. The van der Waals surface area contributed by atoms with Gasteiger partial charge in [-0.25, -0.2) is 0 Å². The highest BCUT2D eigenvalue weighted by atomic mass is 16.5. The third-order valence-electron chi connectivity index (χ3n) is 3.00. The summed E-state index contributed by atoms with van der Waals surface area (Å²) in [5.74, 6) is 0.837. The van der Waals surface area contributed by atoms with Crippen molar-refractivity contribution < 1.29 is 9.84 Å². The zero-order valence-electron chi connectivity index (χ0n) is 11.3. The lowest BCUT2D eigenvalue weighted by atomic mass is 10.3. The van der Waals surface area contributed by atoms with E-state index in [1.165, 1.54) is 12.8 Å². The zero-order valence-corrected chi connectivity index (χ0v) is 11.3. The van der Waals surface area contributed by atoms with E-state index in [-0.39, 0.29) is 6.10 Å². The van der Waals surface area contributed by atoms with Gasteiger partial charge in [-0.05, 0) is 38.8 Å². The van der Waals surface area contributed by atoms with Gasteiger partial charge in [0.15, 0.2) is 0 Å². The van der Waals surface area contributed by atoms with Crippen LogP contribution in [0.1, 0.15) is 26.2 Å². The number of rotatable bonds is 11. The van der Waals surface area contributed by atoms with Gasteiger partial charge in [0.2, 0.25) is 0 Å². The largest absolute Gasteiger partial charge is 0.390 e. The third kappa shape index (κ3) is 8.55. The lowest BCUT2D eigenvalue weighted by molar-refractivity contribution is 0.0794. The molecule has 0 bridgehead atoms. The van der Waals surface area contributed by atoms with Crippen LogP contribution in [0.25, 0.3) is 0 Å². The van der Waals surface area contributed by atoms with Gasteiger partial charge in [-0.15, -0.1) is 0 Å². The highest BCUT2D eigenvalue weighted by Gasteiger charge is 2.21. The van der Waals surface area contributed by atoms with Gasteiger partial charge >= 0.3 is 0 Å². The van der Waals surface area contributed by atoms with Crippen molar-refractivity contribution in [2.75, 3.05) is 46.4 Å². The van der Waals surface area contributed by atoms with Crippen molar-refractivity contribution in [1.82, 2.24) is 10.2 Å². The van der Waals surface area contributed by atoms with Gasteiger partial charge < -0.3 is 20.1 Å². The molecule has 0 amide bonds. The van der Waals surface area contributed by atoms with E-state index in [1.54, 1.807) is 0 Å². The van der Waals surface area contributed by atoms with E-state index in [0.717, 1.165) is 38.6 Å². The maximum absolute atomic E-state index is 9.76. The van der Waals surface area contributed by atoms with Crippen LogP contribution in [-0.4, -0.2) is 62.6 Å². The first-order chi connectivity index (χ1) is 8.22. The number of aliphatic hydroxyl groups excluding tert-OH is 1. The maximum Gasteiger partial charge on any atom is 0.0791 e. The molecular weight excluding hydrogens is 216 g/mol. The number of nitrogens with zero attached hydrogens (tertiary/aromatic N) is 1. The molecule has 4 heteroatoms. The topological polar surface area (TPSA) is 44.7 Å². The van der Waals surface area contributed by atoms with Crippen LogP contribution in [0.15, 0.2) is 0 Å². The second-order valence-corrected chi connectivity index (χ2v) is 5.14. The molecule has 102 valence electrons. The molecule has 0 aliphatic heterocycles. The standard InChI is InChI=1S/C13H28N2O2/c1-3-6-14-9-13(16)10-15(2)7-8-17-11-12-4-5-12/h12-14,16H,3-11H2,1-2H3. The molecule has 0 aromatic heterocycles. The second-order valence-electron chi connectivity index (χ2n) is 5.14. The van der Waals surface area contributed by atoms with E-state index in [1.807, 2.05) is 7.05 Å². The number of hydrogen-bond donors (Lipinski definition) is 2. The minimum atomic E-state index is -0.282. The first-order valence-corrected chi connectivity index (χ1v) is 6.87. The zero-order chi connectivity index (χ0) is 12.5. The van der Waals surface area contributed by atoms with E-state index in [4.69, 9.17) is 4.74 Å². The summed E-state index contributed by atoms with van der Waals surface area (Å²) in [6.45, 7) is 7.10. The summed E-state index contributed by atoms with van der Waals surface area (Å²) in [7, 11) is 2.03. The fraction of sp³-hybridized carbons (Fsp3) is 1.00. The van der Waals surface area contributed by atoms with Crippen LogP contribution in [0.2, 0.25) is 0 Å². The van der Waals surface area contributed by atoms with Crippen LogP contribution in [-0.2, 0) is 4.74 Å². The minimum Gasteiger partial charge on any atom is -0.390 e. The van der Waals surface area contributed by atoms with E-state index in [0.29, 0.717) is 13.1 Å². The summed E-state index contributed by atoms with van der Waals surface area (Å²) in [5, 5.41) is 13.0.